The quantitative estimate of drug-likeness (QED) is 0.178. The standard InChI is InChI=1S/C24H44NOS/c1-3-5-6-7-8-9-10-11-12-13-14-15-16-17-21-27-25-20-18-19-24(22-25)23-26-4-2/h18-20,22H,3-17,21,23H2,1-2H3/q+1. The van der Waals surface area contributed by atoms with Gasteiger partial charge in [-0.05, 0) is 19.4 Å². The second-order valence-corrected chi connectivity index (χ2v) is 8.73. The molecule has 0 aliphatic rings. The van der Waals surface area contributed by atoms with Crippen LogP contribution in [0.2, 0.25) is 0 Å². The normalized spacial score (nSPS) is 11.2. The van der Waals surface area contributed by atoms with Gasteiger partial charge in [0.1, 0.15) is 0 Å². The molecule has 2 nitrogen and oxygen atoms in total. The van der Waals surface area contributed by atoms with Crippen LogP contribution in [0.1, 0.15) is 109 Å². The molecule has 156 valence electrons. The van der Waals surface area contributed by atoms with Gasteiger partial charge in [-0.2, -0.15) is 0 Å². The van der Waals surface area contributed by atoms with Gasteiger partial charge in [-0.3, -0.25) is 0 Å². The maximum atomic E-state index is 5.48. The van der Waals surface area contributed by atoms with Crippen LogP contribution in [0.3, 0.4) is 0 Å². The number of ether oxygens (including phenoxy) is 1. The highest BCUT2D eigenvalue weighted by Gasteiger charge is 2.05. The zero-order valence-corrected chi connectivity index (χ0v) is 18.9. The van der Waals surface area contributed by atoms with Gasteiger partial charge in [-0.1, -0.05) is 90.4 Å². The van der Waals surface area contributed by atoms with Crippen molar-refractivity contribution in [3.63, 3.8) is 0 Å². The van der Waals surface area contributed by atoms with Crippen molar-refractivity contribution in [3.8, 4) is 0 Å². The van der Waals surface area contributed by atoms with Gasteiger partial charge in [0.2, 0.25) is 0 Å². The van der Waals surface area contributed by atoms with Crippen molar-refractivity contribution in [2.75, 3.05) is 12.4 Å². The van der Waals surface area contributed by atoms with E-state index in [2.05, 4.69) is 35.4 Å². The van der Waals surface area contributed by atoms with Crippen LogP contribution in [-0.4, -0.2) is 12.4 Å². The summed E-state index contributed by atoms with van der Waals surface area (Å²) in [5, 5.41) is 0. The molecule has 0 aliphatic heterocycles. The molecule has 0 bridgehead atoms. The number of aromatic nitrogens is 1. The molecule has 0 fully saturated rings. The second kappa shape index (κ2) is 18.8. The lowest BCUT2D eigenvalue weighted by Gasteiger charge is -2.03. The van der Waals surface area contributed by atoms with E-state index in [9.17, 15) is 0 Å². The largest absolute Gasteiger partial charge is 0.377 e. The Bertz CT molecular complexity index is 438. The lowest BCUT2D eigenvalue weighted by Crippen LogP contribution is -2.25. The predicted octanol–water partition coefficient (Wildman–Crippen LogP) is 7.49. The van der Waals surface area contributed by atoms with Crippen LogP contribution in [0.5, 0.6) is 0 Å². The maximum Gasteiger partial charge on any atom is 0.188 e. The Morgan fingerprint density at radius 2 is 1.33 bits per heavy atom. The molecule has 0 radical (unpaired) electrons. The number of unbranched alkanes of at least 4 members (excludes halogenated alkanes) is 13. The summed E-state index contributed by atoms with van der Waals surface area (Å²) >= 11 is 1.91. The minimum atomic E-state index is 0.719. The fourth-order valence-electron chi connectivity index (χ4n) is 3.35. The van der Waals surface area contributed by atoms with E-state index in [4.69, 9.17) is 4.74 Å². The van der Waals surface area contributed by atoms with Crippen molar-refractivity contribution in [3.05, 3.63) is 30.1 Å². The summed E-state index contributed by atoms with van der Waals surface area (Å²) in [4.78, 5) is 0. The van der Waals surface area contributed by atoms with Gasteiger partial charge < -0.3 is 4.74 Å². The highest BCUT2D eigenvalue weighted by Crippen LogP contribution is 2.13. The molecule has 1 rings (SSSR count). The summed E-state index contributed by atoms with van der Waals surface area (Å²) in [6.07, 6.45) is 24.3. The molecule has 3 heteroatoms. The molecule has 0 N–H and O–H groups in total. The number of rotatable bonds is 19. The minimum Gasteiger partial charge on any atom is -0.377 e. The smallest absolute Gasteiger partial charge is 0.188 e. The van der Waals surface area contributed by atoms with Gasteiger partial charge in [0, 0.05) is 18.2 Å². The number of hydrogen-bond acceptors (Lipinski definition) is 2. The molecule has 1 aromatic rings. The van der Waals surface area contributed by atoms with Crippen molar-refractivity contribution < 1.29 is 8.71 Å². The molecule has 0 saturated carbocycles. The second-order valence-electron chi connectivity index (χ2n) is 7.64. The van der Waals surface area contributed by atoms with E-state index < -0.39 is 0 Å². The highest BCUT2D eigenvalue weighted by atomic mass is 32.2. The van der Waals surface area contributed by atoms with Crippen LogP contribution in [-0.2, 0) is 11.3 Å². The Labute approximate surface area is 173 Å². The van der Waals surface area contributed by atoms with Crippen LogP contribution in [0, 0.1) is 0 Å². The fraction of sp³-hybridized carbons (Fsp3) is 0.792. The van der Waals surface area contributed by atoms with Gasteiger partial charge in [0.25, 0.3) is 0 Å². The summed E-state index contributed by atoms with van der Waals surface area (Å²) in [6.45, 7) is 5.83. The lowest BCUT2D eigenvalue weighted by molar-refractivity contribution is -0.495. The number of nitrogens with zero attached hydrogens (tertiary/aromatic N) is 1. The van der Waals surface area contributed by atoms with Crippen molar-refractivity contribution in [2.24, 2.45) is 0 Å². The highest BCUT2D eigenvalue weighted by molar-refractivity contribution is 7.92. The van der Waals surface area contributed by atoms with Crippen molar-refractivity contribution in [1.29, 1.82) is 0 Å². The van der Waals surface area contributed by atoms with Crippen molar-refractivity contribution in [1.82, 2.24) is 0 Å². The first kappa shape index (κ1) is 24.5. The number of hydrogen-bond donors (Lipinski definition) is 0. The zero-order valence-electron chi connectivity index (χ0n) is 18.1. The minimum absolute atomic E-state index is 0.719. The molecule has 0 saturated heterocycles. The van der Waals surface area contributed by atoms with E-state index in [1.165, 1.54) is 101 Å². The Kier molecular flexibility index (Phi) is 17.1. The third-order valence-corrected chi connectivity index (χ3v) is 6.04. The van der Waals surface area contributed by atoms with E-state index in [0.29, 0.717) is 0 Å². The van der Waals surface area contributed by atoms with E-state index in [-0.39, 0.29) is 0 Å². The van der Waals surface area contributed by atoms with Crippen LogP contribution in [0.25, 0.3) is 0 Å². The molecule has 27 heavy (non-hydrogen) atoms. The third-order valence-electron chi connectivity index (χ3n) is 5.05. The number of pyridine rings is 1. The van der Waals surface area contributed by atoms with Crippen LogP contribution >= 0.6 is 11.9 Å². The van der Waals surface area contributed by atoms with Crippen LogP contribution < -0.4 is 3.97 Å². The van der Waals surface area contributed by atoms with Gasteiger partial charge in [-0.15, -0.1) is 3.97 Å². The molecule has 0 unspecified atom stereocenters. The monoisotopic (exact) mass is 394 g/mol. The molecular formula is C24H44NOS+. The SMILES string of the molecule is CCCCCCCCCCCCCCCCS[n+]1cccc(COCC)c1. The molecule has 0 aromatic carbocycles. The molecule has 1 aromatic heterocycles. The topological polar surface area (TPSA) is 13.1 Å². The summed E-state index contributed by atoms with van der Waals surface area (Å²) < 4.78 is 7.72. The van der Waals surface area contributed by atoms with Crippen LogP contribution in [0.4, 0.5) is 0 Å². The van der Waals surface area contributed by atoms with Gasteiger partial charge in [-0.25, -0.2) is 0 Å². The van der Waals surface area contributed by atoms with E-state index in [0.717, 1.165) is 13.2 Å². The van der Waals surface area contributed by atoms with Gasteiger partial charge >= 0.3 is 0 Å². The zero-order chi connectivity index (χ0) is 19.4. The Balaban J connectivity index is 1.85. The van der Waals surface area contributed by atoms with Crippen molar-refractivity contribution in [2.45, 2.75) is 110 Å². The third kappa shape index (κ3) is 15.1. The van der Waals surface area contributed by atoms with Gasteiger partial charge in [0.15, 0.2) is 24.3 Å². The van der Waals surface area contributed by atoms with E-state index in [1.807, 2.05) is 18.9 Å². The average Bonchev–Trinajstić information content (AvgIpc) is 2.69. The molecule has 1 heterocycles. The molecular weight excluding hydrogens is 350 g/mol. The molecule has 0 aliphatic carbocycles. The average molecular weight is 395 g/mol. The first-order chi connectivity index (χ1) is 13.4. The summed E-state index contributed by atoms with van der Waals surface area (Å²) in [6, 6.07) is 4.26. The van der Waals surface area contributed by atoms with Gasteiger partial charge in [0.05, 0.1) is 12.4 Å². The summed E-state index contributed by atoms with van der Waals surface area (Å²) in [5.74, 6) is 1.21. The Morgan fingerprint density at radius 3 is 1.89 bits per heavy atom. The van der Waals surface area contributed by atoms with Crippen LogP contribution in [0.15, 0.2) is 24.5 Å². The summed E-state index contributed by atoms with van der Waals surface area (Å²) in [7, 11) is 0. The lowest BCUT2D eigenvalue weighted by atomic mass is 10.0. The summed E-state index contributed by atoms with van der Waals surface area (Å²) in [5.41, 5.74) is 1.26. The van der Waals surface area contributed by atoms with E-state index >= 15 is 0 Å². The first-order valence-corrected chi connectivity index (χ1v) is 12.5. The maximum absolute atomic E-state index is 5.48. The van der Waals surface area contributed by atoms with Crippen molar-refractivity contribution >= 4 is 11.9 Å². The molecule has 0 atom stereocenters. The Morgan fingerprint density at radius 1 is 0.778 bits per heavy atom. The van der Waals surface area contributed by atoms with E-state index in [1.54, 1.807) is 0 Å². The molecule has 0 spiro atoms. The fourth-order valence-corrected chi connectivity index (χ4v) is 4.26. The first-order valence-electron chi connectivity index (χ1n) is 11.6. The Hall–Kier alpha value is -0.540. The predicted molar refractivity (Wildman–Crippen MR) is 120 cm³/mol. The molecule has 0 amide bonds.